The van der Waals surface area contributed by atoms with Gasteiger partial charge in [-0.25, -0.2) is 0 Å². The number of fused-ring (bicyclic) bond motifs is 1. The molecule has 8 heteroatoms. The zero-order valence-corrected chi connectivity index (χ0v) is 18.2. The number of carbonyl (C=O) groups is 3. The number of esters is 1. The van der Waals surface area contributed by atoms with Gasteiger partial charge < -0.3 is 19.2 Å². The van der Waals surface area contributed by atoms with Gasteiger partial charge in [0, 0.05) is 23.9 Å². The van der Waals surface area contributed by atoms with E-state index in [0.717, 1.165) is 0 Å². The van der Waals surface area contributed by atoms with Crippen LogP contribution in [0.4, 0.5) is 0 Å². The molecule has 0 bridgehead atoms. The minimum atomic E-state index is -0.859. The van der Waals surface area contributed by atoms with Crippen LogP contribution in [0, 0.1) is 0 Å². The lowest BCUT2D eigenvalue weighted by Crippen LogP contribution is -2.31. The fourth-order valence-electron chi connectivity index (χ4n) is 3.88. The second kappa shape index (κ2) is 8.51. The van der Waals surface area contributed by atoms with Gasteiger partial charge in [0.2, 0.25) is 5.78 Å². The van der Waals surface area contributed by atoms with Crippen molar-refractivity contribution in [1.29, 1.82) is 0 Å². The number of ketones is 1. The third-order valence-corrected chi connectivity index (χ3v) is 5.39. The van der Waals surface area contributed by atoms with Crippen LogP contribution in [0.25, 0.3) is 11.0 Å². The first-order valence-electron chi connectivity index (χ1n) is 10.1. The molecule has 1 unspecified atom stereocenters. The van der Waals surface area contributed by atoms with Gasteiger partial charge in [0.05, 0.1) is 11.6 Å². The van der Waals surface area contributed by atoms with Crippen molar-refractivity contribution in [3.05, 3.63) is 76.2 Å². The van der Waals surface area contributed by atoms with Crippen LogP contribution in [0.2, 0.25) is 5.02 Å². The van der Waals surface area contributed by atoms with Gasteiger partial charge in [-0.15, -0.1) is 0 Å². The Morgan fingerprint density at radius 1 is 1.19 bits per heavy atom. The van der Waals surface area contributed by atoms with Crippen molar-refractivity contribution in [3.8, 4) is 5.75 Å². The van der Waals surface area contributed by atoms with Crippen LogP contribution < -0.4 is 4.74 Å². The molecule has 3 aromatic rings. The number of hydrogen-bond donors (Lipinski definition) is 1. The SMILES string of the molecule is CCCN1C(=O)C(O)=C(C(=O)c2cc3cc(Cl)ccc3o2)C1c1cccc(OC(C)=O)c1. The van der Waals surface area contributed by atoms with Crippen molar-refractivity contribution in [1.82, 2.24) is 4.90 Å². The lowest BCUT2D eigenvalue weighted by atomic mass is 9.94. The normalized spacial score (nSPS) is 16.2. The molecule has 0 fully saturated rings. The van der Waals surface area contributed by atoms with Gasteiger partial charge in [-0.3, -0.25) is 14.4 Å². The van der Waals surface area contributed by atoms with Crippen LogP contribution in [0.3, 0.4) is 0 Å². The highest BCUT2D eigenvalue weighted by molar-refractivity contribution is 6.31. The van der Waals surface area contributed by atoms with E-state index in [-0.39, 0.29) is 17.1 Å². The fraction of sp³-hybridized carbons (Fsp3) is 0.208. The quantitative estimate of drug-likeness (QED) is 0.320. The maximum atomic E-state index is 13.4. The van der Waals surface area contributed by atoms with E-state index in [9.17, 15) is 19.5 Å². The van der Waals surface area contributed by atoms with E-state index in [1.807, 2.05) is 6.92 Å². The number of halogens is 1. The van der Waals surface area contributed by atoms with Gasteiger partial charge in [0.25, 0.3) is 5.91 Å². The van der Waals surface area contributed by atoms with Crippen LogP contribution >= 0.6 is 11.6 Å². The number of furan rings is 1. The van der Waals surface area contributed by atoms with Crippen LogP contribution in [-0.4, -0.2) is 34.2 Å². The number of aliphatic hydroxyl groups is 1. The van der Waals surface area contributed by atoms with E-state index in [1.165, 1.54) is 17.9 Å². The zero-order chi connectivity index (χ0) is 23.0. The molecule has 1 atom stereocenters. The Labute approximate surface area is 188 Å². The number of hydrogen-bond acceptors (Lipinski definition) is 6. The van der Waals surface area contributed by atoms with E-state index >= 15 is 0 Å². The molecule has 32 heavy (non-hydrogen) atoms. The molecule has 1 amide bonds. The maximum Gasteiger partial charge on any atom is 0.308 e. The second-order valence-electron chi connectivity index (χ2n) is 7.45. The van der Waals surface area contributed by atoms with Crippen LogP contribution in [-0.2, 0) is 9.59 Å². The lowest BCUT2D eigenvalue weighted by molar-refractivity contribution is -0.132. The third kappa shape index (κ3) is 3.87. The number of rotatable bonds is 6. The number of aliphatic hydroxyl groups excluding tert-OH is 1. The number of Topliss-reactive ketones (excluding diaryl/α,β-unsaturated/α-hetero) is 1. The smallest absolute Gasteiger partial charge is 0.308 e. The molecule has 0 aliphatic carbocycles. The van der Waals surface area contributed by atoms with Crippen molar-refractivity contribution in [2.45, 2.75) is 26.3 Å². The zero-order valence-electron chi connectivity index (χ0n) is 17.4. The van der Waals surface area contributed by atoms with Gasteiger partial charge in [0.1, 0.15) is 11.3 Å². The molecular formula is C24H20ClNO6. The predicted molar refractivity (Wildman–Crippen MR) is 118 cm³/mol. The highest BCUT2D eigenvalue weighted by atomic mass is 35.5. The standard InChI is InChI=1S/C24H20ClNO6/c1-3-9-26-21(14-5-4-6-17(11-14)31-13(2)27)20(23(29)24(26)30)22(28)19-12-15-10-16(25)7-8-18(15)32-19/h4-8,10-12,21,29H,3,9H2,1-2H3. The highest BCUT2D eigenvalue weighted by Crippen LogP contribution is 2.40. The minimum Gasteiger partial charge on any atom is -0.503 e. The first-order chi connectivity index (χ1) is 15.3. The predicted octanol–water partition coefficient (Wildman–Crippen LogP) is 5.00. The average molecular weight is 454 g/mol. The molecule has 1 aromatic heterocycles. The van der Waals surface area contributed by atoms with Gasteiger partial charge >= 0.3 is 5.97 Å². The molecule has 0 radical (unpaired) electrons. The molecular weight excluding hydrogens is 434 g/mol. The Balaban J connectivity index is 1.81. The summed E-state index contributed by atoms with van der Waals surface area (Å²) in [6.07, 6.45) is 0.615. The lowest BCUT2D eigenvalue weighted by Gasteiger charge is -2.26. The van der Waals surface area contributed by atoms with Gasteiger partial charge in [-0.05, 0) is 48.4 Å². The summed E-state index contributed by atoms with van der Waals surface area (Å²) in [4.78, 5) is 39.1. The largest absolute Gasteiger partial charge is 0.503 e. The van der Waals surface area contributed by atoms with Crippen molar-refractivity contribution >= 4 is 40.2 Å². The van der Waals surface area contributed by atoms with Crippen LogP contribution in [0.1, 0.15) is 42.4 Å². The molecule has 0 spiro atoms. The second-order valence-corrected chi connectivity index (χ2v) is 7.89. The molecule has 2 heterocycles. The first-order valence-corrected chi connectivity index (χ1v) is 10.4. The highest BCUT2D eigenvalue weighted by Gasteiger charge is 2.44. The summed E-state index contributed by atoms with van der Waals surface area (Å²) in [5.74, 6) is -2.11. The molecule has 2 aromatic carbocycles. The Morgan fingerprint density at radius 2 is 1.97 bits per heavy atom. The average Bonchev–Trinajstić information content (AvgIpc) is 3.27. The summed E-state index contributed by atoms with van der Waals surface area (Å²) in [5, 5.41) is 11.8. The number of carbonyl (C=O) groups excluding carboxylic acids is 3. The van der Waals surface area contributed by atoms with Crippen LogP contribution in [0.15, 0.2) is 64.3 Å². The molecule has 0 saturated heterocycles. The van der Waals surface area contributed by atoms with E-state index in [1.54, 1.807) is 42.5 Å². The van der Waals surface area contributed by atoms with E-state index in [4.69, 9.17) is 20.8 Å². The minimum absolute atomic E-state index is 0.0175. The number of nitrogens with zero attached hydrogens (tertiary/aromatic N) is 1. The summed E-state index contributed by atoms with van der Waals surface area (Å²) >= 11 is 6.02. The van der Waals surface area contributed by atoms with E-state index < -0.39 is 29.5 Å². The van der Waals surface area contributed by atoms with Crippen molar-refractivity contribution < 1.29 is 28.6 Å². The summed E-state index contributed by atoms with van der Waals surface area (Å²) in [6, 6.07) is 12.2. The molecule has 7 nitrogen and oxygen atoms in total. The summed E-state index contributed by atoms with van der Waals surface area (Å²) in [7, 11) is 0. The van der Waals surface area contributed by atoms with E-state index in [2.05, 4.69) is 0 Å². The van der Waals surface area contributed by atoms with Gasteiger partial charge in [-0.2, -0.15) is 0 Å². The summed E-state index contributed by atoms with van der Waals surface area (Å²) < 4.78 is 10.8. The van der Waals surface area contributed by atoms with E-state index in [0.29, 0.717) is 34.5 Å². The maximum absolute atomic E-state index is 13.4. The Kier molecular flexibility index (Phi) is 5.76. The molecule has 4 rings (SSSR count). The Bertz CT molecular complexity index is 1270. The third-order valence-electron chi connectivity index (χ3n) is 5.15. The van der Waals surface area contributed by atoms with Gasteiger partial charge in [-0.1, -0.05) is 30.7 Å². The van der Waals surface area contributed by atoms with Crippen molar-refractivity contribution in [2.24, 2.45) is 0 Å². The number of ether oxygens (including phenoxy) is 1. The van der Waals surface area contributed by atoms with Crippen molar-refractivity contribution in [3.63, 3.8) is 0 Å². The molecule has 1 aliphatic rings. The monoisotopic (exact) mass is 453 g/mol. The Morgan fingerprint density at radius 3 is 2.69 bits per heavy atom. The van der Waals surface area contributed by atoms with Gasteiger partial charge in [0.15, 0.2) is 11.5 Å². The van der Waals surface area contributed by atoms with Crippen LogP contribution in [0.5, 0.6) is 5.75 Å². The fourth-order valence-corrected chi connectivity index (χ4v) is 4.06. The van der Waals surface area contributed by atoms with Crippen molar-refractivity contribution in [2.75, 3.05) is 6.54 Å². The number of amides is 1. The molecule has 1 aliphatic heterocycles. The Hall–Kier alpha value is -3.58. The summed E-state index contributed by atoms with van der Waals surface area (Å²) in [6.45, 7) is 3.49. The molecule has 164 valence electrons. The topological polar surface area (TPSA) is 97.1 Å². The summed E-state index contributed by atoms with van der Waals surface area (Å²) in [5.41, 5.74) is 0.895. The molecule has 0 saturated carbocycles. The molecule has 1 N–H and O–H groups in total. The first kappa shape index (κ1) is 21.6. The number of benzene rings is 2.